The number of amides is 1. The summed E-state index contributed by atoms with van der Waals surface area (Å²) in [4.78, 5) is 20.7. The van der Waals surface area contributed by atoms with Crippen LogP contribution >= 0.6 is 0 Å². The van der Waals surface area contributed by atoms with Crippen LogP contribution in [0, 0.1) is 5.82 Å². The minimum atomic E-state index is -0.409. The number of nitrogens with zero attached hydrogens (tertiary/aromatic N) is 4. The number of likely N-dealkylation sites (tertiary alicyclic amines) is 1. The lowest BCUT2D eigenvalue weighted by Crippen LogP contribution is -2.61. The molecule has 2 saturated heterocycles. The van der Waals surface area contributed by atoms with E-state index in [4.69, 9.17) is 4.74 Å². The summed E-state index contributed by atoms with van der Waals surface area (Å²) in [5.74, 6) is -0.459. The summed E-state index contributed by atoms with van der Waals surface area (Å²) in [6.45, 7) is 2.97. The Balaban J connectivity index is 1.50. The van der Waals surface area contributed by atoms with Crippen molar-refractivity contribution in [2.75, 3.05) is 31.1 Å². The van der Waals surface area contributed by atoms with Crippen molar-refractivity contribution in [3.8, 4) is 0 Å². The summed E-state index contributed by atoms with van der Waals surface area (Å²) < 4.78 is 21.6. The Morgan fingerprint density at radius 1 is 1.35 bits per heavy atom. The van der Waals surface area contributed by atoms with Gasteiger partial charge in [-0.1, -0.05) is 6.07 Å². The standard InChI is InChI=1S/C19H23FN4O2/c1-22-9-16(21-14-22)10-23-7-3-6-19(12-23)13-24(18(25)11-26-19)17-5-2-4-15(20)8-17/h2,4-5,8-9,14H,3,6-7,10-13H2,1H3. The third kappa shape index (κ3) is 3.50. The van der Waals surface area contributed by atoms with Crippen LogP contribution in [0.4, 0.5) is 10.1 Å². The van der Waals surface area contributed by atoms with Crippen LogP contribution in [-0.4, -0.2) is 52.2 Å². The van der Waals surface area contributed by atoms with Crippen molar-refractivity contribution in [1.29, 1.82) is 0 Å². The number of carbonyl (C=O) groups is 1. The van der Waals surface area contributed by atoms with Crippen LogP contribution in [0.25, 0.3) is 0 Å². The zero-order valence-electron chi connectivity index (χ0n) is 14.9. The van der Waals surface area contributed by atoms with Gasteiger partial charge in [0.1, 0.15) is 12.4 Å². The molecule has 0 aliphatic carbocycles. The largest absolute Gasteiger partial charge is 0.362 e. The molecular weight excluding hydrogens is 335 g/mol. The number of rotatable bonds is 3. The first-order chi connectivity index (χ1) is 12.5. The number of aryl methyl sites for hydroxylation is 1. The van der Waals surface area contributed by atoms with E-state index in [0.29, 0.717) is 12.2 Å². The Kier molecular flexibility index (Phi) is 4.50. The van der Waals surface area contributed by atoms with Crippen molar-refractivity contribution in [2.24, 2.45) is 7.05 Å². The molecule has 1 unspecified atom stereocenters. The Morgan fingerprint density at radius 3 is 3.00 bits per heavy atom. The zero-order chi connectivity index (χ0) is 18.1. The normalized spacial score (nSPS) is 24.4. The second kappa shape index (κ2) is 6.81. The number of anilines is 1. The maximum absolute atomic E-state index is 13.6. The molecule has 2 fully saturated rings. The molecule has 0 bridgehead atoms. The summed E-state index contributed by atoms with van der Waals surface area (Å²) in [6.07, 6.45) is 5.71. The molecule has 7 heteroatoms. The molecule has 1 spiro atoms. The molecule has 2 aliphatic heterocycles. The van der Waals surface area contributed by atoms with E-state index in [1.807, 2.05) is 17.8 Å². The molecular formula is C19H23FN4O2. The van der Waals surface area contributed by atoms with E-state index < -0.39 is 5.60 Å². The first-order valence-electron chi connectivity index (χ1n) is 8.92. The third-order valence-electron chi connectivity index (χ3n) is 5.13. The minimum Gasteiger partial charge on any atom is -0.362 e. The topological polar surface area (TPSA) is 50.6 Å². The van der Waals surface area contributed by atoms with Crippen molar-refractivity contribution in [3.05, 3.63) is 48.3 Å². The zero-order valence-corrected chi connectivity index (χ0v) is 14.9. The van der Waals surface area contributed by atoms with Crippen molar-refractivity contribution < 1.29 is 13.9 Å². The van der Waals surface area contributed by atoms with Crippen molar-refractivity contribution in [2.45, 2.75) is 25.0 Å². The third-order valence-corrected chi connectivity index (χ3v) is 5.13. The highest BCUT2D eigenvalue weighted by Gasteiger charge is 2.43. The van der Waals surface area contributed by atoms with E-state index in [9.17, 15) is 9.18 Å². The van der Waals surface area contributed by atoms with Crippen LogP contribution in [-0.2, 0) is 23.1 Å². The fourth-order valence-electron chi connectivity index (χ4n) is 3.94. The Labute approximate surface area is 152 Å². The van der Waals surface area contributed by atoms with Gasteiger partial charge in [0.15, 0.2) is 0 Å². The molecule has 0 saturated carbocycles. The van der Waals surface area contributed by atoms with Crippen molar-refractivity contribution >= 4 is 11.6 Å². The highest BCUT2D eigenvalue weighted by molar-refractivity contribution is 5.95. The second-order valence-electron chi connectivity index (χ2n) is 7.28. The molecule has 1 aromatic carbocycles. The molecule has 3 heterocycles. The highest BCUT2D eigenvalue weighted by Crippen LogP contribution is 2.32. The van der Waals surface area contributed by atoms with Gasteiger partial charge >= 0.3 is 0 Å². The fourth-order valence-corrected chi connectivity index (χ4v) is 3.94. The van der Waals surface area contributed by atoms with Crippen molar-refractivity contribution in [3.63, 3.8) is 0 Å². The molecule has 1 atom stereocenters. The number of ether oxygens (including phenoxy) is 1. The average Bonchev–Trinajstić information content (AvgIpc) is 3.02. The lowest BCUT2D eigenvalue weighted by Gasteiger charge is -2.47. The lowest BCUT2D eigenvalue weighted by atomic mass is 9.90. The van der Waals surface area contributed by atoms with Crippen LogP contribution in [0.5, 0.6) is 0 Å². The molecule has 138 valence electrons. The first-order valence-corrected chi connectivity index (χ1v) is 8.92. The fraction of sp³-hybridized carbons (Fsp3) is 0.474. The molecule has 6 nitrogen and oxygen atoms in total. The van der Waals surface area contributed by atoms with Gasteiger partial charge < -0.3 is 14.2 Å². The van der Waals surface area contributed by atoms with Gasteiger partial charge in [-0.15, -0.1) is 0 Å². The van der Waals surface area contributed by atoms with Crippen LogP contribution in [0.15, 0.2) is 36.8 Å². The number of morpholine rings is 1. The number of benzene rings is 1. The Morgan fingerprint density at radius 2 is 2.23 bits per heavy atom. The van der Waals surface area contributed by atoms with Crippen LogP contribution < -0.4 is 4.90 Å². The van der Waals surface area contributed by atoms with Gasteiger partial charge in [-0.05, 0) is 37.6 Å². The quantitative estimate of drug-likeness (QED) is 0.842. The van der Waals surface area contributed by atoms with E-state index in [-0.39, 0.29) is 18.3 Å². The van der Waals surface area contributed by atoms with E-state index in [2.05, 4.69) is 9.88 Å². The van der Waals surface area contributed by atoms with E-state index in [0.717, 1.165) is 38.2 Å². The van der Waals surface area contributed by atoms with E-state index >= 15 is 0 Å². The SMILES string of the molecule is Cn1cnc(CN2CCCC3(C2)CN(c2cccc(F)c2)C(=O)CO3)c1. The first kappa shape index (κ1) is 17.2. The number of piperidine rings is 1. The predicted octanol–water partition coefficient (Wildman–Crippen LogP) is 1.96. The van der Waals surface area contributed by atoms with Crippen molar-refractivity contribution in [1.82, 2.24) is 14.5 Å². The van der Waals surface area contributed by atoms with E-state index in [1.54, 1.807) is 23.4 Å². The molecule has 2 aromatic rings. The van der Waals surface area contributed by atoms with Crippen LogP contribution in [0.1, 0.15) is 18.5 Å². The Bertz CT molecular complexity index is 808. The minimum absolute atomic E-state index is 0.0357. The van der Waals surface area contributed by atoms with Gasteiger partial charge in [-0.2, -0.15) is 0 Å². The average molecular weight is 358 g/mol. The summed E-state index contributed by atoms with van der Waals surface area (Å²) >= 11 is 0. The molecule has 4 rings (SSSR count). The molecule has 0 N–H and O–H groups in total. The van der Waals surface area contributed by atoms with Gasteiger partial charge in [-0.25, -0.2) is 9.37 Å². The van der Waals surface area contributed by atoms with Gasteiger partial charge in [-0.3, -0.25) is 9.69 Å². The second-order valence-corrected chi connectivity index (χ2v) is 7.28. The van der Waals surface area contributed by atoms with Crippen LogP contribution in [0.2, 0.25) is 0 Å². The number of carbonyl (C=O) groups excluding carboxylic acids is 1. The predicted molar refractivity (Wildman–Crippen MR) is 95.2 cm³/mol. The van der Waals surface area contributed by atoms with Gasteiger partial charge in [0.25, 0.3) is 5.91 Å². The molecule has 1 aromatic heterocycles. The monoisotopic (exact) mass is 358 g/mol. The molecule has 1 amide bonds. The van der Waals surface area contributed by atoms with Crippen LogP contribution in [0.3, 0.4) is 0 Å². The smallest absolute Gasteiger partial charge is 0.253 e. The number of halogens is 1. The number of aromatic nitrogens is 2. The number of hydrogen-bond acceptors (Lipinski definition) is 4. The van der Waals surface area contributed by atoms with Gasteiger partial charge in [0.2, 0.25) is 0 Å². The van der Waals surface area contributed by atoms with Gasteiger partial charge in [0, 0.05) is 32.0 Å². The molecule has 2 aliphatic rings. The molecule has 26 heavy (non-hydrogen) atoms. The number of hydrogen-bond donors (Lipinski definition) is 0. The number of imidazole rings is 1. The highest BCUT2D eigenvalue weighted by atomic mass is 19.1. The maximum atomic E-state index is 13.6. The van der Waals surface area contributed by atoms with E-state index in [1.165, 1.54) is 12.1 Å². The summed E-state index contributed by atoms with van der Waals surface area (Å²) in [5.41, 5.74) is 1.21. The van der Waals surface area contributed by atoms with Gasteiger partial charge in [0.05, 0.1) is 24.2 Å². The molecule has 0 radical (unpaired) electrons. The summed E-state index contributed by atoms with van der Waals surface area (Å²) in [7, 11) is 1.96. The lowest BCUT2D eigenvalue weighted by molar-refractivity contribution is -0.146. The summed E-state index contributed by atoms with van der Waals surface area (Å²) in [6, 6.07) is 6.20. The summed E-state index contributed by atoms with van der Waals surface area (Å²) in [5, 5.41) is 0. The Hall–Kier alpha value is -2.25. The maximum Gasteiger partial charge on any atom is 0.253 e.